The van der Waals surface area contributed by atoms with Crippen molar-refractivity contribution in [2.24, 2.45) is 11.8 Å². The van der Waals surface area contributed by atoms with E-state index >= 15 is 0 Å². The van der Waals surface area contributed by atoms with Gasteiger partial charge in [-0.25, -0.2) is 0 Å². The molecule has 1 heterocycles. The zero-order valence-electron chi connectivity index (χ0n) is 10.6. The molecule has 1 spiro atoms. The molecule has 2 fully saturated rings. The van der Waals surface area contributed by atoms with E-state index in [-0.39, 0.29) is 5.79 Å². The van der Waals surface area contributed by atoms with Crippen LogP contribution in [0.1, 0.15) is 39.0 Å². The number of allylic oxidation sites excluding steroid dienone is 2. The lowest BCUT2D eigenvalue weighted by molar-refractivity contribution is -0.185. The quantitative estimate of drug-likeness (QED) is 0.545. The molecule has 1 saturated heterocycles. The van der Waals surface area contributed by atoms with Crippen LogP contribution in [0.25, 0.3) is 0 Å². The summed E-state index contributed by atoms with van der Waals surface area (Å²) in [5.41, 5.74) is 0. The Balaban J connectivity index is 2.06. The van der Waals surface area contributed by atoms with Gasteiger partial charge in [0.1, 0.15) is 6.29 Å². The van der Waals surface area contributed by atoms with Gasteiger partial charge in [0, 0.05) is 18.8 Å². The first kappa shape index (κ1) is 12.8. The highest BCUT2D eigenvalue weighted by Crippen LogP contribution is 2.48. The number of hydrogen-bond donors (Lipinski definition) is 0. The van der Waals surface area contributed by atoms with Crippen molar-refractivity contribution in [3.05, 3.63) is 12.2 Å². The van der Waals surface area contributed by atoms with Crippen LogP contribution in [0.2, 0.25) is 0 Å². The van der Waals surface area contributed by atoms with E-state index in [1.54, 1.807) is 0 Å². The summed E-state index contributed by atoms with van der Waals surface area (Å²) in [6, 6.07) is 0. The van der Waals surface area contributed by atoms with E-state index in [2.05, 4.69) is 19.1 Å². The Morgan fingerprint density at radius 3 is 2.65 bits per heavy atom. The van der Waals surface area contributed by atoms with Crippen molar-refractivity contribution in [1.29, 1.82) is 0 Å². The molecular weight excluding hydrogens is 216 g/mol. The highest BCUT2D eigenvalue weighted by Gasteiger charge is 2.51. The lowest BCUT2D eigenvalue weighted by atomic mass is 9.87. The van der Waals surface area contributed by atoms with Crippen LogP contribution in [0.4, 0.5) is 0 Å². The summed E-state index contributed by atoms with van der Waals surface area (Å²) < 4.78 is 11.7. The zero-order chi connectivity index (χ0) is 12.1. The lowest BCUT2D eigenvalue weighted by Crippen LogP contribution is -2.36. The van der Waals surface area contributed by atoms with E-state index in [1.807, 2.05) is 0 Å². The van der Waals surface area contributed by atoms with Gasteiger partial charge in [0.2, 0.25) is 0 Å². The Morgan fingerprint density at radius 1 is 1.24 bits per heavy atom. The maximum Gasteiger partial charge on any atom is 0.171 e. The van der Waals surface area contributed by atoms with Gasteiger partial charge in [0.25, 0.3) is 0 Å². The van der Waals surface area contributed by atoms with Gasteiger partial charge in [0.15, 0.2) is 5.79 Å². The average molecular weight is 238 g/mol. The monoisotopic (exact) mass is 238 g/mol. The van der Waals surface area contributed by atoms with Gasteiger partial charge in [-0.15, -0.1) is 0 Å². The van der Waals surface area contributed by atoms with Crippen LogP contribution >= 0.6 is 0 Å². The third-order valence-corrected chi connectivity index (χ3v) is 3.97. The number of ether oxygens (including phenoxy) is 2. The minimum Gasteiger partial charge on any atom is -0.347 e. The molecule has 17 heavy (non-hydrogen) atoms. The summed E-state index contributed by atoms with van der Waals surface area (Å²) >= 11 is 0. The molecule has 1 aliphatic heterocycles. The van der Waals surface area contributed by atoms with E-state index in [1.165, 1.54) is 0 Å². The van der Waals surface area contributed by atoms with Gasteiger partial charge in [-0.2, -0.15) is 0 Å². The lowest BCUT2D eigenvalue weighted by Gasteiger charge is -2.31. The molecule has 0 N–H and O–H groups in total. The van der Waals surface area contributed by atoms with Gasteiger partial charge in [-0.1, -0.05) is 19.1 Å². The van der Waals surface area contributed by atoms with E-state index < -0.39 is 0 Å². The van der Waals surface area contributed by atoms with E-state index in [4.69, 9.17) is 9.47 Å². The molecule has 2 unspecified atom stereocenters. The Hall–Kier alpha value is -0.670. The number of carbonyl (C=O) groups is 1. The second-order valence-electron chi connectivity index (χ2n) is 4.93. The standard InChI is InChI=1S/C14H22O3/c1-2-3-4-5-13-12(7-9-15)6-8-14(13)16-10-11-17-14/h3-4,9,12-13H,2,5-8,10-11H2,1H3/b4-3-. The van der Waals surface area contributed by atoms with Crippen molar-refractivity contribution in [3.8, 4) is 0 Å². The fraction of sp³-hybridized carbons (Fsp3) is 0.786. The number of carbonyl (C=O) groups excluding carboxylic acids is 1. The molecule has 1 saturated carbocycles. The van der Waals surface area contributed by atoms with Crippen LogP contribution in [0.3, 0.4) is 0 Å². The fourth-order valence-electron chi connectivity index (χ4n) is 3.15. The summed E-state index contributed by atoms with van der Waals surface area (Å²) in [6.07, 6.45) is 10.1. The Morgan fingerprint density at radius 2 is 2.00 bits per heavy atom. The maximum atomic E-state index is 10.7. The molecule has 2 rings (SSSR count). The Labute approximate surface area is 103 Å². The minimum absolute atomic E-state index is 0.345. The van der Waals surface area contributed by atoms with Gasteiger partial charge in [0.05, 0.1) is 13.2 Å². The molecule has 3 nitrogen and oxygen atoms in total. The fourth-order valence-corrected chi connectivity index (χ4v) is 3.15. The van der Waals surface area contributed by atoms with Crippen LogP contribution in [-0.2, 0) is 14.3 Å². The molecule has 0 aromatic rings. The molecule has 0 aromatic heterocycles. The molecule has 0 amide bonds. The maximum absolute atomic E-state index is 10.7. The summed E-state index contributed by atoms with van der Waals surface area (Å²) in [6.45, 7) is 3.52. The van der Waals surface area contributed by atoms with Gasteiger partial charge in [-0.3, -0.25) is 0 Å². The highest BCUT2D eigenvalue weighted by molar-refractivity contribution is 5.50. The Bertz CT molecular complexity index is 279. The summed E-state index contributed by atoms with van der Waals surface area (Å²) in [4.78, 5) is 10.7. The molecule has 2 aliphatic rings. The molecular formula is C14H22O3. The van der Waals surface area contributed by atoms with Crippen molar-refractivity contribution in [2.75, 3.05) is 13.2 Å². The first-order valence-electron chi connectivity index (χ1n) is 6.69. The number of hydrogen-bond acceptors (Lipinski definition) is 3. The smallest absolute Gasteiger partial charge is 0.171 e. The number of aldehydes is 1. The molecule has 0 aromatic carbocycles. The van der Waals surface area contributed by atoms with E-state index in [0.717, 1.165) is 32.0 Å². The summed E-state index contributed by atoms with van der Waals surface area (Å²) in [7, 11) is 0. The molecule has 96 valence electrons. The van der Waals surface area contributed by atoms with Crippen LogP contribution in [-0.4, -0.2) is 25.3 Å². The molecule has 0 radical (unpaired) electrons. The molecule has 1 aliphatic carbocycles. The third-order valence-electron chi connectivity index (χ3n) is 3.97. The highest BCUT2D eigenvalue weighted by atomic mass is 16.7. The van der Waals surface area contributed by atoms with Crippen molar-refractivity contribution >= 4 is 6.29 Å². The zero-order valence-corrected chi connectivity index (χ0v) is 10.6. The predicted molar refractivity (Wildman–Crippen MR) is 65.6 cm³/mol. The average Bonchev–Trinajstić information content (AvgIpc) is 2.92. The second-order valence-corrected chi connectivity index (χ2v) is 4.93. The third kappa shape index (κ3) is 2.61. The van der Waals surface area contributed by atoms with Crippen molar-refractivity contribution < 1.29 is 14.3 Å². The van der Waals surface area contributed by atoms with Crippen LogP contribution in [0, 0.1) is 11.8 Å². The van der Waals surface area contributed by atoms with Crippen molar-refractivity contribution in [2.45, 2.75) is 44.8 Å². The van der Waals surface area contributed by atoms with Crippen molar-refractivity contribution in [3.63, 3.8) is 0 Å². The predicted octanol–water partition coefficient (Wildman–Crippen LogP) is 2.70. The normalized spacial score (nSPS) is 31.6. The van der Waals surface area contributed by atoms with Gasteiger partial charge in [-0.05, 0) is 25.2 Å². The summed E-state index contributed by atoms with van der Waals surface area (Å²) in [5, 5.41) is 0. The number of rotatable bonds is 5. The molecule has 0 bridgehead atoms. The molecule has 3 heteroatoms. The second kappa shape index (κ2) is 5.78. The Kier molecular flexibility index (Phi) is 4.35. The first-order valence-corrected chi connectivity index (χ1v) is 6.69. The minimum atomic E-state index is -0.383. The van der Waals surface area contributed by atoms with Crippen LogP contribution in [0.5, 0.6) is 0 Å². The molecule has 2 atom stereocenters. The topological polar surface area (TPSA) is 35.5 Å². The van der Waals surface area contributed by atoms with Crippen LogP contribution < -0.4 is 0 Å². The largest absolute Gasteiger partial charge is 0.347 e. The SMILES string of the molecule is CC/C=C\CC1C(CC=O)CCC12OCCO2. The van der Waals surface area contributed by atoms with E-state index in [0.29, 0.717) is 31.5 Å². The van der Waals surface area contributed by atoms with E-state index in [9.17, 15) is 4.79 Å². The van der Waals surface area contributed by atoms with Crippen molar-refractivity contribution in [1.82, 2.24) is 0 Å². The summed E-state index contributed by atoms with van der Waals surface area (Å²) in [5.74, 6) is 0.385. The van der Waals surface area contributed by atoms with Crippen LogP contribution in [0.15, 0.2) is 12.2 Å². The van der Waals surface area contributed by atoms with Gasteiger partial charge < -0.3 is 14.3 Å². The van der Waals surface area contributed by atoms with Gasteiger partial charge >= 0.3 is 0 Å². The first-order chi connectivity index (χ1) is 8.32.